The maximum absolute atomic E-state index is 12.6. The minimum Gasteiger partial charge on any atom is -0.354 e. The van der Waals surface area contributed by atoms with Gasteiger partial charge in [-0.05, 0) is 52.1 Å². The maximum atomic E-state index is 12.6. The molecule has 2 heterocycles. The highest BCUT2D eigenvalue weighted by Gasteiger charge is 2.30. The van der Waals surface area contributed by atoms with Crippen LogP contribution in [0.3, 0.4) is 0 Å². The summed E-state index contributed by atoms with van der Waals surface area (Å²) in [6.07, 6.45) is 1.98. The number of aryl methyl sites for hydroxylation is 2. The summed E-state index contributed by atoms with van der Waals surface area (Å²) < 4.78 is 29.2. The zero-order valence-electron chi connectivity index (χ0n) is 15.6. The molecule has 25 heavy (non-hydrogen) atoms. The Hall–Kier alpha value is -1.45. The Bertz CT molecular complexity index is 735. The van der Waals surface area contributed by atoms with Gasteiger partial charge >= 0.3 is 0 Å². The number of hydrogen-bond acceptors (Lipinski definition) is 5. The molecule has 2 rings (SSSR count). The predicted molar refractivity (Wildman–Crippen MR) is 95.7 cm³/mol. The van der Waals surface area contributed by atoms with Gasteiger partial charge in [0.05, 0.1) is 17.4 Å². The fourth-order valence-corrected chi connectivity index (χ4v) is 4.79. The number of nitrogens with zero attached hydrogens (tertiary/aromatic N) is 2. The first-order valence-corrected chi connectivity index (χ1v) is 10.0. The van der Waals surface area contributed by atoms with Crippen LogP contribution in [0, 0.1) is 19.3 Å². The largest absolute Gasteiger partial charge is 0.354 e. The quantitative estimate of drug-likeness (QED) is 0.663. The molecular weight excluding hydrogens is 342 g/mol. The summed E-state index contributed by atoms with van der Waals surface area (Å²) in [5.74, 6) is -0.317. The fraction of sp³-hybridized carbons (Fsp3) is 0.750. The van der Waals surface area contributed by atoms with E-state index in [0.29, 0.717) is 17.9 Å². The lowest BCUT2D eigenvalue weighted by Gasteiger charge is -2.34. The highest BCUT2D eigenvalue weighted by molar-refractivity contribution is 7.89. The molecule has 0 saturated carbocycles. The first-order chi connectivity index (χ1) is 11.6. The molecule has 1 aliphatic rings. The summed E-state index contributed by atoms with van der Waals surface area (Å²) >= 11 is 0. The monoisotopic (exact) mass is 371 g/mol. The van der Waals surface area contributed by atoms with E-state index in [9.17, 15) is 13.2 Å². The zero-order valence-corrected chi connectivity index (χ0v) is 16.5. The first kappa shape index (κ1) is 19.9. The lowest BCUT2D eigenvalue weighted by Crippen LogP contribution is -2.49. The third-order valence-electron chi connectivity index (χ3n) is 4.94. The predicted octanol–water partition coefficient (Wildman–Crippen LogP) is 0.210. The first-order valence-electron chi connectivity index (χ1n) is 8.57. The number of nitrogens with one attached hydrogen (secondary N) is 3. The van der Waals surface area contributed by atoms with Crippen LogP contribution in [0.4, 0.5) is 0 Å². The summed E-state index contributed by atoms with van der Waals surface area (Å²) in [6.45, 7) is 9.46. The lowest BCUT2D eigenvalue weighted by atomic mass is 9.81. The topological polar surface area (TPSA) is 105 Å². The van der Waals surface area contributed by atoms with Gasteiger partial charge in [-0.25, -0.2) is 8.42 Å². The molecule has 0 aliphatic carbocycles. The molecule has 3 N–H and O–H groups in total. The minimum absolute atomic E-state index is 0.0516. The van der Waals surface area contributed by atoms with Gasteiger partial charge < -0.3 is 10.6 Å². The van der Waals surface area contributed by atoms with Crippen LogP contribution in [-0.4, -0.2) is 49.8 Å². The van der Waals surface area contributed by atoms with Crippen LogP contribution in [0.5, 0.6) is 0 Å². The number of carbonyl (C=O) groups is 1. The SMILES string of the molecule is Cc1nn(C)c(C)c1S(=O)(=O)NC(C)C(=O)NCC1(C)CCNCC1. The highest BCUT2D eigenvalue weighted by atomic mass is 32.2. The molecule has 0 aromatic carbocycles. The average Bonchev–Trinajstić information content (AvgIpc) is 2.78. The van der Waals surface area contributed by atoms with E-state index in [0.717, 1.165) is 25.9 Å². The summed E-state index contributed by atoms with van der Waals surface area (Å²) in [5, 5.41) is 10.3. The molecule has 1 unspecified atom stereocenters. The Balaban J connectivity index is 2.00. The minimum atomic E-state index is -3.81. The van der Waals surface area contributed by atoms with E-state index >= 15 is 0 Å². The van der Waals surface area contributed by atoms with Crippen molar-refractivity contribution in [2.45, 2.75) is 51.5 Å². The van der Waals surface area contributed by atoms with Gasteiger partial charge in [-0.1, -0.05) is 6.92 Å². The van der Waals surface area contributed by atoms with E-state index in [-0.39, 0.29) is 16.2 Å². The Labute approximate surface area is 149 Å². The smallest absolute Gasteiger partial charge is 0.244 e. The van der Waals surface area contributed by atoms with Crippen molar-refractivity contribution < 1.29 is 13.2 Å². The molecule has 1 fully saturated rings. The molecule has 1 saturated heterocycles. The van der Waals surface area contributed by atoms with Gasteiger partial charge in [-0.3, -0.25) is 9.48 Å². The number of sulfonamides is 1. The number of hydrogen-bond donors (Lipinski definition) is 3. The summed E-state index contributed by atoms with van der Waals surface area (Å²) in [6, 6.07) is -0.852. The van der Waals surface area contributed by atoms with Gasteiger partial charge in [0, 0.05) is 13.6 Å². The Kier molecular flexibility index (Phi) is 5.90. The third-order valence-corrected chi connectivity index (χ3v) is 6.73. The van der Waals surface area contributed by atoms with Crippen molar-refractivity contribution in [1.29, 1.82) is 0 Å². The molecule has 8 nitrogen and oxygen atoms in total. The molecule has 1 amide bonds. The van der Waals surface area contributed by atoms with E-state index in [2.05, 4.69) is 27.4 Å². The maximum Gasteiger partial charge on any atom is 0.244 e. The molecule has 1 aromatic heterocycles. The normalized spacial score (nSPS) is 18.8. The van der Waals surface area contributed by atoms with E-state index in [4.69, 9.17) is 0 Å². The molecule has 0 spiro atoms. The van der Waals surface area contributed by atoms with Crippen molar-refractivity contribution in [1.82, 2.24) is 25.1 Å². The Morgan fingerprint density at radius 1 is 1.36 bits per heavy atom. The molecule has 0 radical (unpaired) electrons. The van der Waals surface area contributed by atoms with E-state index in [1.54, 1.807) is 27.8 Å². The van der Waals surface area contributed by atoms with Crippen LogP contribution >= 0.6 is 0 Å². The summed E-state index contributed by atoms with van der Waals surface area (Å²) in [5.41, 5.74) is 1.01. The molecular formula is C16H29N5O3S. The van der Waals surface area contributed by atoms with Gasteiger partial charge in [0.25, 0.3) is 0 Å². The lowest BCUT2D eigenvalue weighted by molar-refractivity contribution is -0.122. The van der Waals surface area contributed by atoms with Gasteiger partial charge in [0.1, 0.15) is 4.90 Å². The van der Waals surface area contributed by atoms with Crippen LogP contribution in [0.15, 0.2) is 4.90 Å². The van der Waals surface area contributed by atoms with E-state index in [1.807, 2.05) is 0 Å². The second kappa shape index (κ2) is 7.43. The number of carbonyl (C=O) groups excluding carboxylic acids is 1. The van der Waals surface area contributed by atoms with Crippen LogP contribution in [0.1, 0.15) is 38.1 Å². The zero-order chi connectivity index (χ0) is 18.8. The molecule has 0 bridgehead atoms. The van der Waals surface area contributed by atoms with Gasteiger partial charge in [-0.2, -0.15) is 9.82 Å². The summed E-state index contributed by atoms with van der Waals surface area (Å²) in [4.78, 5) is 12.5. The second-order valence-electron chi connectivity index (χ2n) is 7.24. The number of rotatable bonds is 6. The Morgan fingerprint density at radius 2 is 1.96 bits per heavy atom. The molecule has 1 atom stereocenters. The number of amides is 1. The van der Waals surface area contributed by atoms with Gasteiger partial charge in [0.15, 0.2) is 0 Å². The van der Waals surface area contributed by atoms with Crippen molar-refractivity contribution in [3.05, 3.63) is 11.4 Å². The van der Waals surface area contributed by atoms with Crippen LogP contribution in [-0.2, 0) is 21.9 Å². The fourth-order valence-electron chi connectivity index (χ4n) is 3.15. The standard InChI is InChI=1S/C16H29N5O3S/c1-11-14(13(3)21(5)19-11)25(23,24)20-12(2)15(22)18-10-16(4)6-8-17-9-7-16/h12,17,20H,6-10H2,1-5H3,(H,18,22). The van der Waals surface area contributed by atoms with Crippen LogP contribution in [0.2, 0.25) is 0 Å². The third kappa shape index (κ3) is 4.59. The van der Waals surface area contributed by atoms with Crippen molar-refractivity contribution in [3.63, 3.8) is 0 Å². The van der Waals surface area contributed by atoms with E-state index < -0.39 is 16.1 Å². The average molecular weight is 372 g/mol. The number of aromatic nitrogens is 2. The van der Waals surface area contributed by atoms with Gasteiger partial charge in [-0.15, -0.1) is 0 Å². The highest BCUT2D eigenvalue weighted by Crippen LogP contribution is 2.26. The van der Waals surface area contributed by atoms with E-state index in [1.165, 1.54) is 4.68 Å². The van der Waals surface area contributed by atoms with Crippen molar-refractivity contribution in [3.8, 4) is 0 Å². The molecule has 9 heteroatoms. The second-order valence-corrected chi connectivity index (χ2v) is 8.90. The summed E-state index contributed by atoms with van der Waals surface area (Å²) in [7, 11) is -2.12. The van der Waals surface area contributed by atoms with Crippen LogP contribution < -0.4 is 15.4 Å². The van der Waals surface area contributed by atoms with Crippen molar-refractivity contribution in [2.75, 3.05) is 19.6 Å². The molecule has 1 aliphatic heterocycles. The van der Waals surface area contributed by atoms with Crippen molar-refractivity contribution >= 4 is 15.9 Å². The van der Waals surface area contributed by atoms with Crippen molar-refractivity contribution in [2.24, 2.45) is 12.5 Å². The Morgan fingerprint density at radius 3 is 2.48 bits per heavy atom. The molecule has 142 valence electrons. The number of piperidine rings is 1. The van der Waals surface area contributed by atoms with Gasteiger partial charge in [0.2, 0.25) is 15.9 Å². The van der Waals surface area contributed by atoms with Crippen LogP contribution in [0.25, 0.3) is 0 Å². The molecule has 1 aromatic rings.